The van der Waals surface area contributed by atoms with E-state index in [9.17, 15) is 9.59 Å². The van der Waals surface area contributed by atoms with Gasteiger partial charge in [-0.25, -0.2) is 9.78 Å². The topological polar surface area (TPSA) is 84.2 Å². The number of benzene rings is 1. The molecule has 1 aromatic carbocycles. The first-order valence-corrected chi connectivity index (χ1v) is 7.96. The maximum atomic E-state index is 11.8. The van der Waals surface area contributed by atoms with Crippen LogP contribution in [0, 0.1) is 11.8 Å². The summed E-state index contributed by atoms with van der Waals surface area (Å²) in [5, 5.41) is 12.1. The highest BCUT2D eigenvalue weighted by molar-refractivity contribution is 5.92. The molecule has 0 radical (unpaired) electrons. The first-order chi connectivity index (χ1) is 11.0. The molecule has 23 heavy (non-hydrogen) atoms. The Labute approximate surface area is 134 Å². The molecule has 0 atom stereocenters. The number of hydrogen-bond acceptors (Lipinski definition) is 3. The Hall–Kier alpha value is -2.37. The van der Waals surface area contributed by atoms with E-state index in [1.54, 1.807) is 18.2 Å². The zero-order valence-corrected chi connectivity index (χ0v) is 13.4. The summed E-state index contributed by atoms with van der Waals surface area (Å²) < 4.78 is 2.07. The Bertz CT molecular complexity index is 760. The van der Waals surface area contributed by atoms with Crippen LogP contribution in [-0.4, -0.2) is 26.5 Å². The summed E-state index contributed by atoms with van der Waals surface area (Å²) in [6.07, 6.45) is 1.94. The van der Waals surface area contributed by atoms with Gasteiger partial charge in [0.2, 0.25) is 5.91 Å². The summed E-state index contributed by atoms with van der Waals surface area (Å²) in [6, 6.07) is 4.97. The number of carbonyl (C=O) groups excluding carboxylic acids is 1. The number of fused-ring (bicyclic) bond motifs is 1. The van der Waals surface area contributed by atoms with Crippen molar-refractivity contribution in [2.24, 2.45) is 11.8 Å². The Morgan fingerprint density at radius 3 is 2.74 bits per heavy atom. The molecule has 3 rings (SSSR count). The van der Waals surface area contributed by atoms with Crippen molar-refractivity contribution < 1.29 is 14.7 Å². The summed E-state index contributed by atoms with van der Waals surface area (Å²) >= 11 is 0. The van der Waals surface area contributed by atoms with Gasteiger partial charge in [0, 0.05) is 12.5 Å². The van der Waals surface area contributed by atoms with Crippen LogP contribution in [-0.2, 0) is 17.9 Å². The van der Waals surface area contributed by atoms with E-state index in [2.05, 4.69) is 28.7 Å². The summed E-state index contributed by atoms with van der Waals surface area (Å²) in [6.45, 7) is 5.38. The molecule has 2 aromatic rings. The highest BCUT2D eigenvalue weighted by Gasteiger charge is 2.29. The molecule has 1 amide bonds. The van der Waals surface area contributed by atoms with Crippen LogP contribution in [0.25, 0.3) is 11.0 Å². The van der Waals surface area contributed by atoms with Gasteiger partial charge in [-0.1, -0.05) is 13.8 Å². The molecule has 1 heterocycles. The number of aromatic nitrogens is 2. The Morgan fingerprint density at radius 1 is 1.39 bits per heavy atom. The quantitative estimate of drug-likeness (QED) is 0.857. The normalized spacial score (nSPS) is 14.4. The average molecular weight is 315 g/mol. The van der Waals surface area contributed by atoms with Crippen molar-refractivity contribution in [3.63, 3.8) is 0 Å². The highest BCUT2D eigenvalue weighted by Crippen LogP contribution is 2.29. The lowest BCUT2D eigenvalue weighted by Gasteiger charge is -2.12. The number of aromatic carboxylic acids is 1. The molecule has 1 aliphatic rings. The van der Waals surface area contributed by atoms with Gasteiger partial charge in [0.1, 0.15) is 5.82 Å². The monoisotopic (exact) mass is 315 g/mol. The zero-order valence-electron chi connectivity index (χ0n) is 13.4. The van der Waals surface area contributed by atoms with E-state index in [0.29, 0.717) is 18.0 Å². The van der Waals surface area contributed by atoms with Crippen molar-refractivity contribution in [1.82, 2.24) is 14.9 Å². The average Bonchev–Trinajstić information content (AvgIpc) is 3.29. The van der Waals surface area contributed by atoms with E-state index in [1.165, 1.54) is 0 Å². The maximum absolute atomic E-state index is 11.8. The predicted molar refractivity (Wildman–Crippen MR) is 86.1 cm³/mol. The number of carboxylic acids is 1. The number of carbonyl (C=O) groups is 2. The highest BCUT2D eigenvalue weighted by atomic mass is 16.4. The van der Waals surface area contributed by atoms with E-state index < -0.39 is 5.97 Å². The minimum atomic E-state index is -0.964. The number of nitrogens with zero attached hydrogens (tertiary/aromatic N) is 2. The molecular formula is C17H21N3O3. The molecule has 6 nitrogen and oxygen atoms in total. The van der Waals surface area contributed by atoms with Crippen molar-refractivity contribution >= 4 is 22.9 Å². The molecule has 0 unspecified atom stereocenters. The molecule has 1 aromatic heterocycles. The van der Waals surface area contributed by atoms with Crippen LogP contribution in [0.15, 0.2) is 18.2 Å². The van der Waals surface area contributed by atoms with Gasteiger partial charge in [0.05, 0.1) is 23.1 Å². The van der Waals surface area contributed by atoms with Crippen molar-refractivity contribution in [3.05, 3.63) is 29.6 Å². The minimum absolute atomic E-state index is 0.0828. The third-order valence-corrected chi connectivity index (χ3v) is 3.99. The van der Waals surface area contributed by atoms with Crippen LogP contribution in [0.2, 0.25) is 0 Å². The Balaban J connectivity index is 1.92. The first kappa shape index (κ1) is 15.5. The molecule has 122 valence electrons. The van der Waals surface area contributed by atoms with E-state index in [4.69, 9.17) is 5.11 Å². The van der Waals surface area contributed by atoms with Crippen LogP contribution < -0.4 is 5.32 Å². The van der Waals surface area contributed by atoms with Gasteiger partial charge in [-0.3, -0.25) is 4.79 Å². The van der Waals surface area contributed by atoms with Gasteiger partial charge in [-0.15, -0.1) is 0 Å². The Kier molecular flexibility index (Phi) is 4.07. The lowest BCUT2D eigenvalue weighted by atomic mass is 10.2. The first-order valence-electron chi connectivity index (χ1n) is 7.96. The second-order valence-electron chi connectivity index (χ2n) is 6.53. The second kappa shape index (κ2) is 6.02. The van der Waals surface area contributed by atoms with Gasteiger partial charge in [-0.05, 0) is 37.0 Å². The van der Waals surface area contributed by atoms with E-state index in [1.807, 2.05) is 0 Å². The van der Waals surface area contributed by atoms with Gasteiger partial charge in [0.15, 0.2) is 0 Å². The fraction of sp³-hybridized carbons (Fsp3) is 0.471. The predicted octanol–water partition coefficient (Wildman–Crippen LogP) is 2.42. The number of imidazole rings is 1. The van der Waals surface area contributed by atoms with Crippen molar-refractivity contribution in [3.8, 4) is 0 Å². The molecule has 1 fully saturated rings. The van der Waals surface area contributed by atoms with Crippen LogP contribution in [0.5, 0.6) is 0 Å². The van der Waals surface area contributed by atoms with E-state index in [-0.39, 0.29) is 17.4 Å². The second-order valence-corrected chi connectivity index (χ2v) is 6.53. The SMILES string of the molecule is CC(C)Cn1c(CNC(=O)C2CC2)nc2cc(C(=O)O)ccc21. The standard InChI is InChI=1S/C17H21N3O3/c1-10(2)9-20-14-6-5-12(17(22)23)7-13(14)19-15(20)8-18-16(21)11-3-4-11/h5-7,10-11H,3-4,8-9H2,1-2H3,(H,18,21)(H,22,23). The molecule has 2 N–H and O–H groups in total. The summed E-state index contributed by atoms with van der Waals surface area (Å²) in [4.78, 5) is 27.5. The molecular weight excluding hydrogens is 294 g/mol. The molecule has 6 heteroatoms. The van der Waals surface area contributed by atoms with Gasteiger partial charge in [-0.2, -0.15) is 0 Å². The van der Waals surface area contributed by atoms with Crippen molar-refractivity contribution in [1.29, 1.82) is 0 Å². The maximum Gasteiger partial charge on any atom is 0.335 e. The number of nitrogens with one attached hydrogen (secondary N) is 1. The van der Waals surface area contributed by atoms with Crippen LogP contribution in [0.1, 0.15) is 42.9 Å². The third kappa shape index (κ3) is 3.36. The van der Waals surface area contributed by atoms with E-state index in [0.717, 1.165) is 30.7 Å². The number of amides is 1. The van der Waals surface area contributed by atoms with Gasteiger partial charge in [0.25, 0.3) is 0 Å². The molecule has 0 spiro atoms. The lowest BCUT2D eigenvalue weighted by Crippen LogP contribution is -2.26. The molecule has 0 saturated heterocycles. The molecule has 1 saturated carbocycles. The third-order valence-electron chi connectivity index (χ3n) is 3.99. The van der Waals surface area contributed by atoms with Crippen LogP contribution in [0.4, 0.5) is 0 Å². The van der Waals surface area contributed by atoms with Crippen LogP contribution >= 0.6 is 0 Å². The number of carboxylic acid groups (broad SMARTS) is 1. The van der Waals surface area contributed by atoms with Gasteiger partial charge >= 0.3 is 5.97 Å². The molecule has 0 aliphatic heterocycles. The fourth-order valence-corrected chi connectivity index (χ4v) is 2.67. The summed E-state index contributed by atoms with van der Waals surface area (Å²) in [7, 11) is 0. The largest absolute Gasteiger partial charge is 0.478 e. The lowest BCUT2D eigenvalue weighted by molar-refractivity contribution is -0.122. The van der Waals surface area contributed by atoms with Crippen molar-refractivity contribution in [2.75, 3.05) is 0 Å². The smallest absolute Gasteiger partial charge is 0.335 e. The van der Waals surface area contributed by atoms with Crippen LogP contribution in [0.3, 0.4) is 0 Å². The van der Waals surface area contributed by atoms with Gasteiger partial charge < -0.3 is 15.0 Å². The zero-order chi connectivity index (χ0) is 16.6. The number of rotatable bonds is 6. The summed E-state index contributed by atoms with van der Waals surface area (Å²) in [5.41, 5.74) is 1.78. The molecule has 0 bridgehead atoms. The fourth-order valence-electron chi connectivity index (χ4n) is 2.67. The minimum Gasteiger partial charge on any atom is -0.478 e. The summed E-state index contributed by atoms with van der Waals surface area (Å²) in [5.74, 6) is 0.472. The number of hydrogen-bond donors (Lipinski definition) is 2. The van der Waals surface area contributed by atoms with E-state index >= 15 is 0 Å². The Morgan fingerprint density at radius 2 is 2.13 bits per heavy atom. The van der Waals surface area contributed by atoms with Crippen molar-refractivity contribution in [2.45, 2.75) is 39.8 Å². The molecule has 1 aliphatic carbocycles.